The molecule has 3 unspecified atom stereocenters. The number of hydrogen-bond acceptors (Lipinski definition) is 3. The first kappa shape index (κ1) is 14.0. The average Bonchev–Trinajstić information content (AvgIpc) is 2.37. The summed E-state index contributed by atoms with van der Waals surface area (Å²) in [4.78, 5) is 16.5. The summed E-state index contributed by atoms with van der Waals surface area (Å²) in [6, 6.07) is 3.87. The number of carbonyl (C=O) groups excluding carboxylic acids is 1. The Morgan fingerprint density at radius 3 is 2.84 bits per heavy atom. The van der Waals surface area contributed by atoms with Gasteiger partial charge in [0.25, 0.3) is 0 Å². The third-order valence-corrected chi connectivity index (χ3v) is 4.75. The summed E-state index contributed by atoms with van der Waals surface area (Å²) < 4.78 is 0. The molecule has 3 N–H and O–H groups in total. The molecule has 2 rings (SSSR count). The number of nitrogens with one attached hydrogen (secondary N) is 1. The molecule has 1 saturated carbocycles. The molecule has 4 nitrogen and oxygen atoms in total. The number of nitrogens with two attached hydrogens (primary N) is 1. The summed E-state index contributed by atoms with van der Waals surface area (Å²) in [5.41, 5.74) is 6.80. The van der Waals surface area contributed by atoms with Gasteiger partial charge in [0.2, 0.25) is 5.91 Å². The molecule has 0 aromatic carbocycles. The van der Waals surface area contributed by atoms with Crippen LogP contribution >= 0.6 is 0 Å². The quantitative estimate of drug-likeness (QED) is 0.859. The molecule has 1 aliphatic carbocycles. The fourth-order valence-corrected chi connectivity index (χ4v) is 2.99. The van der Waals surface area contributed by atoms with Gasteiger partial charge in [-0.15, -0.1) is 0 Å². The predicted octanol–water partition coefficient (Wildman–Crippen LogP) is 2.42. The topological polar surface area (TPSA) is 68.0 Å². The Morgan fingerprint density at radius 1 is 1.47 bits per heavy atom. The van der Waals surface area contributed by atoms with E-state index in [1.165, 1.54) is 0 Å². The van der Waals surface area contributed by atoms with Crippen LogP contribution in [0.4, 0.5) is 5.69 Å². The highest BCUT2D eigenvalue weighted by molar-refractivity contribution is 5.93. The van der Waals surface area contributed by atoms with Crippen molar-refractivity contribution in [2.24, 2.45) is 23.0 Å². The summed E-state index contributed by atoms with van der Waals surface area (Å²) in [5.74, 6) is 0.421. The molecule has 0 radical (unpaired) electrons. The largest absolute Gasteiger partial charge is 0.327 e. The van der Waals surface area contributed by atoms with Gasteiger partial charge in [-0.1, -0.05) is 20.8 Å². The van der Waals surface area contributed by atoms with Crippen LogP contribution in [0.5, 0.6) is 0 Å². The minimum atomic E-state index is -0.0794. The van der Waals surface area contributed by atoms with Gasteiger partial charge in [-0.25, -0.2) is 0 Å². The maximum absolute atomic E-state index is 12.5. The van der Waals surface area contributed by atoms with Crippen molar-refractivity contribution in [3.63, 3.8) is 0 Å². The summed E-state index contributed by atoms with van der Waals surface area (Å²) in [6.07, 6.45) is 5.13. The zero-order valence-electron chi connectivity index (χ0n) is 11.9. The number of hydrogen-bond donors (Lipinski definition) is 2. The second kappa shape index (κ2) is 5.29. The number of aromatic nitrogens is 1. The van der Waals surface area contributed by atoms with Gasteiger partial charge >= 0.3 is 0 Å². The van der Waals surface area contributed by atoms with E-state index in [2.05, 4.69) is 31.1 Å². The lowest BCUT2D eigenvalue weighted by Gasteiger charge is -2.46. The van der Waals surface area contributed by atoms with Gasteiger partial charge in [-0.2, -0.15) is 0 Å². The molecule has 1 aromatic rings. The molecule has 4 heteroatoms. The molecule has 104 valence electrons. The van der Waals surface area contributed by atoms with Gasteiger partial charge < -0.3 is 11.1 Å². The number of amides is 1. The molecule has 1 aliphatic rings. The van der Waals surface area contributed by atoms with Crippen LogP contribution in [0, 0.1) is 17.3 Å². The van der Waals surface area contributed by atoms with Gasteiger partial charge in [0.1, 0.15) is 0 Å². The maximum atomic E-state index is 12.5. The lowest BCUT2D eigenvalue weighted by atomic mass is 9.61. The SMILES string of the molecule is CC1C(N)CCC(C(=O)Nc2cccnc2)C1(C)C. The second-order valence-corrected chi connectivity index (χ2v) is 6.13. The van der Waals surface area contributed by atoms with E-state index in [4.69, 9.17) is 5.73 Å². The Morgan fingerprint density at radius 2 is 2.21 bits per heavy atom. The monoisotopic (exact) mass is 261 g/mol. The summed E-state index contributed by atoms with van der Waals surface area (Å²) in [7, 11) is 0. The average molecular weight is 261 g/mol. The molecule has 19 heavy (non-hydrogen) atoms. The van der Waals surface area contributed by atoms with Gasteiger partial charge in [0.15, 0.2) is 0 Å². The molecule has 0 saturated heterocycles. The van der Waals surface area contributed by atoms with Crippen LogP contribution in [0.1, 0.15) is 33.6 Å². The van der Waals surface area contributed by atoms with Crippen LogP contribution < -0.4 is 11.1 Å². The fourth-order valence-electron chi connectivity index (χ4n) is 2.99. The summed E-state index contributed by atoms with van der Waals surface area (Å²) in [5, 5.41) is 2.96. The van der Waals surface area contributed by atoms with Crippen molar-refractivity contribution in [2.45, 2.75) is 39.7 Å². The molecular formula is C15H23N3O. The van der Waals surface area contributed by atoms with Crippen molar-refractivity contribution in [3.05, 3.63) is 24.5 Å². The molecule has 3 atom stereocenters. The van der Waals surface area contributed by atoms with Crippen LogP contribution in [0.15, 0.2) is 24.5 Å². The van der Waals surface area contributed by atoms with Crippen LogP contribution in [-0.4, -0.2) is 16.9 Å². The third kappa shape index (κ3) is 2.78. The van der Waals surface area contributed by atoms with E-state index in [-0.39, 0.29) is 23.3 Å². The van der Waals surface area contributed by atoms with Gasteiger partial charge in [0, 0.05) is 18.2 Å². The van der Waals surface area contributed by atoms with Crippen LogP contribution in [0.25, 0.3) is 0 Å². The first-order valence-corrected chi connectivity index (χ1v) is 6.89. The van der Waals surface area contributed by atoms with E-state index in [1.807, 2.05) is 12.1 Å². The van der Waals surface area contributed by atoms with Crippen molar-refractivity contribution < 1.29 is 4.79 Å². The summed E-state index contributed by atoms with van der Waals surface area (Å²) >= 11 is 0. The minimum absolute atomic E-state index is 0.00232. The van der Waals surface area contributed by atoms with E-state index >= 15 is 0 Å². The Bertz CT molecular complexity index is 444. The highest BCUT2D eigenvalue weighted by Crippen LogP contribution is 2.44. The second-order valence-electron chi connectivity index (χ2n) is 6.13. The first-order chi connectivity index (χ1) is 8.93. The Kier molecular flexibility index (Phi) is 3.90. The van der Waals surface area contributed by atoms with Gasteiger partial charge in [-0.3, -0.25) is 9.78 Å². The Hall–Kier alpha value is -1.42. The smallest absolute Gasteiger partial charge is 0.228 e. The highest BCUT2D eigenvalue weighted by atomic mass is 16.1. The van der Waals surface area contributed by atoms with E-state index in [1.54, 1.807) is 12.4 Å². The summed E-state index contributed by atoms with van der Waals surface area (Å²) in [6.45, 7) is 6.43. The molecule has 1 heterocycles. The number of pyridine rings is 1. The van der Waals surface area contributed by atoms with E-state index in [9.17, 15) is 4.79 Å². The normalized spacial score (nSPS) is 29.8. The van der Waals surface area contributed by atoms with E-state index in [0.717, 1.165) is 18.5 Å². The van der Waals surface area contributed by atoms with Crippen molar-refractivity contribution >= 4 is 11.6 Å². The lowest BCUT2D eigenvalue weighted by Crippen LogP contribution is -2.50. The lowest BCUT2D eigenvalue weighted by molar-refractivity contribution is -0.127. The molecule has 0 bridgehead atoms. The number of rotatable bonds is 2. The van der Waals surface area contributed by atoms with Crippen LogP contribution in [0.2, 0.25) is 0 Å². The van der Waals surface area contributed by atoms with Crippen LogP contribution in [-0.2, 0) is 4.79 Å². The predicted molar refractivity (Wildman–Crippen MR) is 76.5 cm³/mol. The number of anilines is 1. The Labute approximate surface area is 114 Å². The fraction of sp³-hybridized carbons (Fsp3) is 0.600. The van der Waals surface area contributed by atoms with Crippen molar-refractivity contribution in [3.8, 4) is 0 Å². The third-order valence-electron chi connectivity index (χ3n) is 4.75. The van der Waals surface area contributed by atoms with E-state index in [0.29, 0.717) is 5.92 Å². The van der Waals surface area contributed by atoms with Crippen molar-refractivity contribution in [1.82, 2.24) is 4.98 Å². The molecule has 0 spiro atoms. The molecule has 1 aromatic heterocycles. The molecular weight excluding hydrogens is 238 g/mol. The number of carbonyl (C=O) groups is 1. The highest BCUT2D eigenvalue weighted by Gasteiger charge is 2.44. The van der Waals surface area contributed by atoms with Crippen molar-refractivity contribution in [2.75, 3.05) is 5.32 Å². The van der Waals surface area contributed by atoms with E-state index < -0.39 is 0 Å². The minimum Gasteiger partial charge on any atom is -0.327 e. The Balaban J connectivity index is 2.11. The van der Waals surface area contributed by atoms with Crippen molar-refractivity contribution in [1.29, 1.82) is 0 Å². The zero-order valence-corrected chi connectivity index (χ0v) is 11.9. The standard InChI is InChI=1S/C15H23N3O/c1-10-13(16)7-6-12(15(10,2)3)14(19)18-11-5-4-8-17-9-11/h4-5,8-10,12-13H,6-7,16H2,1-3H3,(H,18,19). The zero-order chi connectivity index (χ0) is 14.0. The molecule has 1 amide bonds. The van der Waals surface area contributed by atoms with Gasteiger partial charge in [0.05, 0.1) is 11.9 Å². The number of nitrogens with zero attached hydrogens (tertiary/aromatic N) is 1. The maximum Gasteiger partial charge on any atom is 0.228 e. The van der Waals surface area contributed by atoms with Gasteiger partial charge in [-0.05, 0) is 36.3 Å². The first-order valence-electron chi connectivity index (χ1n) is 6.89. The molecule has 1 fully saturated rings. The van der Waals surface area contributed by atoms with Crippen LogP contribution in [0.3, 0.4) is 0 Å². The molecule has 0 aliphatic heterocycles.